The summed E-state index contributed by atoms with van der Waals surface area (Å²) in [7, 11) is -2.99. The first-order chi connectivity index (χ1) is 13.4. The fourth-order valence-electron chi connectivity index (χ4n) is 2.94. The van der Waals surface area contributed by atoms with Crippen LogP contribution in [0.4, 0.5) is 0 Å². The van der Waals surface area contributed by atoms with Crippen molar-refractivity contribution in [3.05, 3.63) is 29.8 Å². The molecule has 0 aliphatic carbocycles. The second-order valence-electron chi connectivity index (χ2n) is 6.58. The Labute approximate surface area is 167 Å². The minimum absolute atomic E-state index is 0.0372. The van der Waals surface area contributed by atoms with E-state index in [0.29, 0.717) is 38.6 Å². The molecule has 1 amide bonds. The van der Waals surface area contributed by atoms with Gasteiger partial charge < -0.3 is 20.7 Å². The zero-order valence-corrected chi connectivity index (χ0v) is 17.3. The number of benzene rings is 1. The van der Waals surface area contributed by atoms with Gasteiger partial charge in [0.25, 0.3) is 0 Å². The second-order valence-corrected chi connectivity index (χ2v) is 8.81. The maximum Gasteiger partial charge on any atom is 0.222 e. The van der Waals surface area contributed by atoms with E-state index in [4.69, 9.17) is 4.74 Å². The molecular weight excluding hydrogens is 380 g/mol. The van der Waals surface area contributed by atoms with E-state index in [9.17, 15) is 13.2 Å². The predicted molar refractivity (Wildman–Crippen MR) is 110 cm³/mol. The average Bonchev–Trinajstić information content (AvgIpc) is 2.99. The Morgan fingerprint density at radius 2 is 2.04 bits per heavy atom. The summed E-state index contributed by atoms with van der Waals surface area (Å²) < 4.78 is 28.5. The van der Waals surface area contributed by atoms with Crippen molar-refractivity contribution in [3.8, 4) is 5.75 Å². The molecule has 1 aliphatic heterocycles. The quantitative estimate of drug-likeness (QED) is 0.411. The molecule has 28 heavy (non-hydrogen) atoms. The van der Waals surface area contributed by atoms with Crippen LogP contribution < -0.4 is 20.7 Å². The fourth-order valence-corrected chi connectivity index (χ4v) is 4.61. The monoisotopic (exact) mass is 410 g/mol. The smallest absolute Gasteiger partial charge is 0.222 e. The molecule has 9 heteroatoms. The number of amides is 1. The average molecular weight is 411 g/mol. The van der Waals surface area contributed by atoms with Crippen LogP contribution in [0.1, 0.15) is 32.3 Å². The molecule has 0 bridgehead atoms. The highest BCUT2D eigenvalue weighted by atomic mass is 32.2. The number of para-hydroxylation sites is 1. The molecule has 1 aliphatic rings. The Morgan fingerprint density at radius 1 is 1.25 bits per heavy atom. The van der Waals surface area contributed by atoms with Crippen molar-refractivity contribution >= 4 is 21.7 Å². The number of ether oxygens (including phenoxy) is 1. The van der Waals surface area contributed by atoms with Gasteiger partial charge in [-0.25, -0.2) is 13.4 Å². The summed E-state index contributed by atoms with van der Waals surface area (Å²) in [6.07, 6.45) is 0.737. The highest BCUT2D eigenvalue weighted by Gasteiger charge is 2.28. The maximum absolute atomic E-state index is 12.0. The normalized spacial score (nSPS) is 18.5. The molecule has 1 saturated heterocycles. The molecule has 1 atom stereocenters. The van der Waals surface area contributed by atoms with Gasteiger partial charge in [-0.1, -0.05) is 18.2 Å². The van der Waals surface area contributed by atoms with Gasteiger partial charge in [-0.15, -0.1) is 0 Å². The maximum atomic E-state index is 12.0. The molecule has 1 fully saturated rings. The summed E-state index contributed by atoms with van der Waals surface area (Å²) >= 11 is 0. The van der Waals surface area contributed by atoms with Gasteiger partial charge in [0.2, 0.25) is 5.91 Å². The van der Waals surface area contributed by atoms with E-state index < -0.39 is 9.84 Å². The highest BCUT2D eigenvalue weighted by Crippen LogP contribution is 2.18. The summed E-state index contributed by atoms with van der Waals surface area (Å²) in [4.78, 5) is 16.6. The number of sulfone groups is 1. The van der Waals surface area contributed by atoms with Crippen LogP contribution in [-0.4, -0.2) is 57.5 Å². The van der Waals surface area contributed by atoms with Gasteiger partial charge in [0.1, 0.15) is 5.75 Å². The SMILES string of the molecule is CCNC(=NCc1ccccc1OCC)NCCC(=O)NC1CCS(=O)(=O)C1. The van der Waals surface area contributed by atoms with Crippen molar-refractivity contribution in [1.82, 2.24) is 16.0 Å². The van der Waals surface area contributed by atoms with Crippen molar-refractivity contribution in [2.75, 3.05) is 31.2 Å². The van der Waals surface area contributed by atoms with Crippen LogP contribution in [0.2, 0.25) is 0 Å². The van der Waals surface area contributed by atoms with Gasteiger partial charge in [0.15, 0.2) is 15.8 Å². The van der Waals surface area contributed by atoms with Crippen LogP contribution in [-0.2, 0) is 21.2 Å². The third-order valence-electron chi connectivity index (χ3n) is 4.27. The zero-order chi connectivity index (χ0) is 20.4. The van der Waals surface area contributed by atoms with E-state index in [-0.39, 0.29) is 29.9 Å². The van der Waals surface area contributed by atoms with Crippen molar-refractivity contribution in [2.24, 2.45) is 4.99 Å². The number of carbonyl (C=O) groups is 1. The van der Waals surface area contributed by atoms with E-state index in [2.05, 4.69) is 20.9 Å². The Hall–Kier alpha value is -2.29. The molecule has 0 spiro atoms. The van der Waals surface area contributed by atoms with Crippen molar-refractivity contribution < 1.29 is 17.9 Å². The molecule has 0 aromatic heterocycles. The lowest BCUT2D eigenvalue weighted by Gasteiger charge is -2.14. The number of carbonyl (C=O) groups excluding carboxylic acids is 1. The summed E-state index contributed by atoms with van der Waals surface area (Å²) in [5.41, 5.74) is 0.988. The number of rotatable bonds is 9. The number of nitrogens with zero attached hydrogens (tertiary/aromatic N) is 1. The van der Waals surface area contributed by atoms with Gasteiger partial charge >= 0.3 is 0 Å². The lowest BCUT2D eigenvalue weighted by molar-refractivity contribution is -0.121. The van der Waals surface area contributed by atoms with Gasteiger partial charge in [-0.3, -0.25) is 4.79 Å². The Balaban J connectivity index is 1.82. The molecular formula is C19H30N4O4S. The molecule has 0 radical (unpaired) electrons. The molecule has 2 rings (SSSR count). The topological polar surface area (TPSA) is 109 Å². The summed E-state index contributed by atoms with van der Waals surface area (Å²) in [6, 6.07) is 7.50. The van der Waals surface area contributed by atoms with E-state index in [0.717, 1.165) is 11.3 Å². The number of nitrogens with one attached hydrogen (secondary N) is 3. The number of guanidine groups is 1. The van der Waals surface area contributed by atoms with Crippen molar-refractivity contribution in [1.29, 1.82) is 0 Å². The zero-order valence-electron chi connectivity index (χ0n) is 16.5. The molecule has 3 N–H and O–H groups in total. The molecule has 8 nitrogen and oxygen atoms in total. The van der Waals surface area contributed by atoms with Crippen LogP contribution in [0.5, 0.6) is 5.75 Å². The van der Waals surface area contributed by atoms with E-state index in [1.165, 1.54) is 0 Å². The third kappa shape index (κ3) is 7.38. The molecule has 1 aromatic rings. The standard InChI is InChI=1S/C19H30N4O4S/c1-3-20-19(22-13-15-7-5-6-8-17(15)27-4-2)21-11-9-18(24)23-16-10-12-28(25,26)14-16/h5-8,16H,3-4,9-14H2,1-2H3,(H,23,24)(H2,20,21,22). The van der Waals surface area contributed by atoms with Gasteiger partial charge in [0, 0.05) is 31.1 Å². The minimum Gasteiger partial charge on any atom is -0.494 e. The summed E-state index contributed by atoms with van der Waals surface area (Å²) in [6.45, 7) is 6.07. The van der Waals surface area contributed by atoms with E-state index in [1.54, 1.807) is 0 Å². The summed E-state index contributed by atoms with van der Waals surface area (Å²) in [5.74, 6) is 1.46. The van der Waals surface area contributed by atoms with Crippen LogP contribution in [0, 0.1) is 0 Å². The van der Waals surface area contributed by atoms with Gasteiger partial charge in [0.05, 0.1) is 24.7 Å². The van der Waals surface area contributed by atoms with Crippen LogP contribution in [0.3, 0.4) is 0 Å². The Morgan fingerprint density at radius 3 is 2.71 bits per heavy atom. The first-order valence-corrected chi connectivity index (χ1v) is 11.5. The number of hydrogen-bond acceptors (Lipinski definition) is 5. The molecule has 1 unspecified atom stereocenters. The highest BCUT2D eigenvalue weighted by molar-refractivity contribution is 7.91. The molecule has 1 aromatic carbocycles. The lowest BCUT2D eigenvalue weighted by Crippen LogP contribution is -2.41. The molecule has 1 heterocycles. The third-order valence-corrected chi connectivity index (χ3v) is 6.03. The Kier molecular flexibility index (Phi) is 8.56. The van der Waals surface area contributed by atoms with Gasteiger partial charge in [-0.05, 0) is 26.3 Å². The fraction of sp³-hybridized carbons (Fsp3) is 0.579. The van der Waals surface area contributed by atoms with Crippen LogP contribution in [0.25, 0.3) is 0 Å². The number of hydrogen-bond donors (Lipinski definition) is 3. The van der Waals surface area contributed by atoms with E-state index >= 15 is 0 Å². The second kappa shape index (κ2) is 10.9. The van der Waals surface area contributed by atoms with Gasteiger partial charge in [-0.2, -0.15) is 0 Å². The Bertz CT molecular complexity index is 780. The van der Waals surface area contributed by atoms with Crippen molar-refractivity contribution in [3.63, 3.8) is 0 Å². The lowest BCUT2D eigenvalue weighted by atomic mass is 10.2. The number of aliphatic imine (C=N–C) groups is 1. The summed E-state index contributed by atoms with van der Waals surface area (Å²) in [5, 5.41) is 9.07. The largest absolute Gasteiger partial charge is 0.494 e. The molecule has 0 saturated carbocycles. The first-order valence-electron chi connectivity index (χ1n) is 9.66. The first kappa shape index (κ1) is 22.0. The minimum atomic E-state index is -2.99. The van der Waals surface area contributed by atoms with Crippen LogP contribution in [0.15, 0.2) is 29.3 Å². The molecule has 156 valence electrons. The van der Waals surface area contributed by atoms with Crippen LogP contribution >= 0.6 is 0 Å². The van der Waals surface area contributed by atoms with Crippen molar-refractivity contribution in [2.45, 2.75) is 39.3 Å². The van der Waals surface area contributed by atoms with E-state index in [1.807, 2.05) is 38.1 Å². The predicted octanol–water partition coefficient (Wildman–Crippen LogP) is 0.834.